The molecule has 0 heterocycles. The quantitative estimate of drug-likeness (QED) is 0.731. The zero-order valence-corrected chi connectivity index (χ0v) is 10.4. The number of halogens is 1. The molecule has 4 heteroatoms. The van der Waals surface area contributed by atoms with Gasteiger partial charge >= 0.3 is 0 Å². The Bertz CT molecular complexity index is 355. The van der Waals surface area contributed by atoms with E-state index in [9.17, 15) is 10.2 Å². The van der Waals surface area contributed by atoms with E-state index in [1.165, 1.54) is 6.07 Å². The van der Waals surface area contributed by atoms with Crippen LogP contribution in [0.4, 0.5) is 0 Å². The van der Waals surface area contributed by atoms with E-state index in [0.29, 0.717) is 6.04 Å². The molecule has 0 saturated carbocycles. The number of likely N-dealkylation sites (N-methyl/N-ethyl adjacent to an activating group) is 1. The summed E-state index contributed by atoms with van der Waals surface area (Å²) in [6.45, 7) is 0. The van der Waals surface area contributed by atoms with Crippen LogP contribution in [-0.4, -0.2) is 23.3 Å². The number of benzene rings is 1. The van der Waals surface area contributed by atoms with E-state index in [4.69, 9.17) is 0 Å². The molecule has 3 nitrogen and oxygen atoms in total. The summed E-state index contributed by atoms with van der Waals surface area (Å²) >= 11 is 0. The Kier molecular flexibility index (Phi) is 3.99. The van der Waals surface area contributed by atoms with Crippen LogP contribution in [0.25, 0.3) is 0 Å². The number of nitrogens with one attached hydrogen (secondary N) is 1. The van der Waals surface area contributed by atoms with Crippen molar-refractivity contribution in [2.75, 3.05) is 7.05 Å². The molecule has 0 radical (unpaired) electrons. The van der Waals surface area contributed by atoms with Gasteiger partial charge in [-0.2, -0.15) is 0 Å². The van der Waals surface area contributed by atoms with Crippen molar-refractivity contribution in [2.24, 2.45) is 0 Å². The number of rotatable bonds is 1. The minimum absolute atomic E-state index is 0. The van der Waals surface area contributed by atoms with Crippen LogP contribution < -0.4 is 5.32 Å². The summed E-state index contributed by atoms with van der Waals surface area (Å²) in [5.74, 6) is 0.382. The van der Waals surface area contributed by atoms with Crippen LogP contribution in [0.1, 0.15) is 17.5 Å². The average molecular weight is 274 g/mol. The average Bonchev–Trinajstić information content (AvgIpc) is 2.16. The van der Waals surface area contributed by atoms with Crippen LogP contribution in [0.2, 0.25) is 0 Å². The fourth-order valence-electron chi connectivity index (χ4n) is 2.10. The molecule has 0 saturated heterocycles. The third-order valence-electron chi connectivity index (χ3n) is 2.92. The molecule has 1 aromatic rings. The van der Waals surface area contributed by atoms with Gasteiger partial charge in [-0.05, 0) is 43.5 Å². The van der Waals surface area contributed by atoms with Crippen molar-refractivity contribution >= 4 is 17.0 Å². The first-order valence-electron chi connectivity index (χ1n) is 4.91. The predicted octanol–water partition coefficient (Wildman–Crippen LogP) is 1.75. The fourth-order valence-corrected chi connectivity index (χ4v) is 2.10. The molecule has 1 unspecified atom stereocenters. The Morgan fingerprint density at radius 3 is 2.73 bits per heavy atom. The lowest BCUT2D eigenvalue weighted by Gasteiger charge is -2.24. The van der Waals surface area contributed by atoms with Gasteiger partial charge in [0.25, 0.3) is 0 Å². The summed E-state index contributed by atoms with van der Waals surface area (Å²) in [7, 11) is 1.94. The second-order valence-corrected chi connectivity index (χ2v) is 3.83. The van der Waals surface area contributed by atoms with Crippen molar-refractivity contribution in [1.82, 2.24) is 5.32 Å². The van der Waals surface area contributed by atoms with Gasteiger partial charge in [-0.15, -0.1) is 17.0 Å². The van der Waals surface area contributed by atoms with Gasteiger partial charge < -0.3 is 15.5 Å². The SMILES string of the molecule is Br.CNC1CCc2c(O)cc(O)cc2C1. The van der Waals surface area contributed by atoms with Crippen molar-refractivity contribution < 1.29 is 10.2 Å². The topological polar surface area (TPSA) is 52.5 Å². The normalized spacial score (nSPS) is 19.1. The van der Waals surface area contributed by atoms with Crippen LogP contribution in [0, 0.1) is 0 Å². The molecule has 1 aliphatic carbocycles. The Labute approximate surface area is 99.9 Å². The molecule has 0 bridgehead atoms. The third kappa shape index (κ3) is 2.44. The maximum atomic E-state index is 9.62. The molecule has 0 aromatic heterocycles. The van der Waals surface area contributed by atoms with Gasteiger partial charge in [-0.25, -0.2) is 0 Å². The van der Waals surface area contributed by atoms with Gasteiger partial charge in [0.05, 0.1) is 0 Å². The van der Waals surface area contributed by atoms with E-state index in [1.807, 2.05) is 7.05 Å². The molecule has 1 atom stereocenters. The van der Waals surface area contributed by atoms with Crippen LogP contribution in [0.3, 0.4) is 0 Å². The van der Waals surface area contributed by atoms with Crippen LogP contribution in [-0.2, 0) is 12.8 Å². The van der Waals surface area contributed by atoms with Crippen molar-refractivity contribution in [1.29, 1.82) is 0 Å². The Balaban J connectivity index is 0.00000112. The van der Waals surface area contributed by atoms with E-state index in [2.05, 4.69) is 5.32 Å². The summed E-state index contributed by atoms with van der Waals surface area (Å²) in [4.78, 5) is 0. The van der Waals surface area contributed by atoms with Gasteiger partial charge in [0, 0.05) is 12.1 Å². The molecule has 0 fully saturated rings. The highest BCUT2D eigenvalue weighted by Gasteiger charge is 2.20. The first-order valence-corrected chi connectivity index (χ1v) is 4.91. The number of phenols is 2. The second-order valence-electron chi connectivity index (χ2n) is 3.83. The van der Waals surface area contributed by atoms with Crippen LogP contribution in [0.15, 0.2) is 12.1 Å². The van der Waals surface area contributed by atoms with E-state index >= 15 is 0 Å². The van der Waals surface area contributed by atoms with Crippen molar-refractivity contribution in [3.63, 3.8) is 0 Å². The monoisotopic (exact) mass is 273 g/mol. The van der Waals surface area contributed by atoms with Gasteiger partial charge in [0.15, 0.2) is 0 Å². The van der Waals surface area contributed by atoms with Gasteiger partial charge in [-0.1, -0.05) is 0 Å². The summed E-state index contributed by atoms with van der Waals surface area (Å²) in [6.07, 6.45) is 2.81. The van der Waals surface area contributed by atoms with E-state index in [-0.39, 0.29) is 28.5 Å². The summed E-state index contributed by atoms with van der Waals surface area (Å²) in [5, 5.41) is 22.2. The molecule has 0 amide bonds. The Morgan fingerprint density at radius 1 is 1.33 bits per heavy atom. The lowest BCUT2D eigenvalue weighted by molar-refractivity contribution is 0.428. The Hall–Kier alpha value is -0.740. The summed E-state index contributed by atoms with van der Waals surface area (Å²) in [6, 6.07) is 3.63. The number of fused-ring (bicyclic) bond motifs is 1. The lowest BCUT2D eigenvalue weighted by Crippen LogP contribution is -2.31. The minimum Gasteiger partial charge on any atom is -0.508 e. The number of phenolic OH excluding ortho intramolecular Hbond substituents is 2. The van der Waals surface area contributed by atoms with Crippen molar-refractivity contribution in [2.45, 2.75) is 25.3 Å². The number of hydrogen-bond donors (Lipinski definition) is 3. The molecule has 1 aromatic carbocycles. The zero-order valence-electron chi connectivity index (χ0n) is 8.66. The minimum atomic E-state index is 0. The second kappa shape index (κ2) is 4.86. The molecule has 3 N–H and O–H groups in total. The summed E-state index contributed by atoms with van der Waals surface area (Å²) < 4.78 is 0. The van der Waals surface area contributed by atoms with Crippen molar-refractivity contribution in [3.8, 4) is 11.5 Å². The zero-order chi connectivity index (χ0) is 10.1. The molecular formula is C11H16BrNO2. The third-order valence-corrected chi connectivity index (χ3v) is 2.92. The largest absolute Gasteiger partial charge is 0.508 e. The maximum absolute atomic E-state index is 9.62. The van der Waals surface area contributed by atoms with E-state index < -0.39 is 0 Å². The number of aromatic hydroxyl groups is 2. The molecule has 0 aliphatic heterocycles. The summed E-state index contributed by atoms with van der Waals surface area (Å²) in [5.41, 5.74) is 2.06. The molecule has 1 aliphatic rings. The predicted molar refractivity (Wildman–Crippen MR) is 65.0 cm³/mol. The standard InChI is InChI=1S/C11H15NO2.BrH/c1-12-8-2-3-10-7(4-8)5-9(13)6-11(10)14;/h5-6,8,12-14H,2-4H2,1H3;1H. The first-order chi connectivity index (χ1) is 6.70. The molecule has 0 spiro atoms. The van der Waals surface area contributed by atoms with Gasteiger partial charge in [-0.3, -0.25) is 0 Å². The van der Waals surface area contributed by atoms with Crippen molar-refractivity contribution in [3.05, 3.63) is 23.3 Å². The maximum Gasteiger partial charge on any atom is 0.122 e. The first kappa shape index (κ1) is 12.3. The fraction of sp³-hybridized carbons (Fsp3) is 0.455. The van der Waals surface area contributed by atoms with Crippen LogP contribution in [0.5, 0.6) is 11.5 Å². The number of hydrogen-bond acceptors (Lipinski definition) is 3. The molecule has 15 heavy (non-hydrogen) atoms. The smallest absolute Gasteiger partial charge is 0.122 e. The van der Waals surface area contributed by atoms with Gasteiger partial charge in [0.1, 0.15) is 11.5 Å². The molecule has 2 rings (SSSR count). The highest BCUT2D eigenvalue weighted by atomic mass is 79.9. The highest BCUT2D eigenvalue weighted by Crippen LogP contribution is 2.32. The van der Waals surface area contributed by atoms with E-state index in [0.717, 1.165) is 30.4 Å². The van der Waals surface area contributed by atoms with E-state index in [1.54, 1.807) is 6.07 Å². The highest BCUT2D eigenvalue weighted by molar-refractivity contribution is 8.93. The molecular weight excluding hydrogens is 258 g/mol. The lowest BCUT2D eigenvalue weighted by atomic mass is 9.87. The Morgan fingerprint density at radius 2 is 2.07 bits per heavy atom. The molecule has 84 valence electrons. The van der Waals surface area contributed by atoms with Gasteiger partial charge in [0.2, 0.25) is 0 Å². The van der Waals surface area contributed by atoms with Crippen LogP contribution >= 0.6 is 17.0 Å².